The Balaban J connectivity index is 3.28. The first-order valence-electron chi connectivity index (χ1n) is 3.60. The molecule has 0 aliphatic carbocycles. The highest BCUT2D eigenvalue weighted by molar-refractivity contribution is 5.75. The van der Waals surface area contributed by atoms with Crippen LogP contribution in [0.15, 0.2) is 17.6 Å². The summed E-state index contributed by atoms with van der Waals surface area (Å²) >= 11 is 0. The number of nitrogens with two attached hydrogens (primary N) is 3. The molecule has 4 heteroatoms. The molecule has 0 spiro atoms. The Morgan fingerprint density at radius 2 is 2.18 bits per heavy atom. The van der Waals surface area contributed by atoms with Crippen LogP contribution in [0, 0.1) is 0 Å². The van der Waals surface area contributed by atoms with Crippen molar-refractivity contribution in [2.45, 2.75) is 18.9 Å². The number of rotatable bonds is 5. The molecular weight excluding hydrogens is 140 g/mol. The largest absolute Gasteiger partial charge is 0.370 e. The van der Waals surface area contributed by atoms with Crippen molar-refractivity contribution in [2.75, 3.05) is 6.54 Å². The van der Waals surface area contributed by atoms with Crippen molar-refractivity contribution in [3.05, 3.63) is 12.7 Å². The minimum atomic E-state index is 0.0594. The van der Waals surface area contributed by atoms with Gasteiger partial charge in [0.2, 0.25) is 0 Å². The summed E-state index contributed by atoms with van der Waals surface area (Å²) in [5.41, 5.74) is 15.8. The van der Waals surface area contributed by atoms with Gasteiger partial charge in [0.15, 0.2) is 5.96 Å². The first-order chi connectivity index (χ1) is 5.16. The molecule has 0 saturated carbocycles. The van der Waals surface area contributed by atoms with Gasteiger partial charge in [-0.3, -0.25) is 4.99 Å². The molecule has 0 radical (unpaired) electrons. The molecule has 0 aliphatic rings. The normalized spacial score (nSPS) is 12.1. The zero-order chi connectivity index (χ0) is 8.69. The maximum Gasteiger partial charge on any atom is 0.185 e. The van der Waals surface area contributed by atoms with Crippen LogP contribution in [-0.4, -0.2) is 18.5 Å². The highest BCUT2D eigenvalue weighted by atomic mass is 15.0. The molecule has 0 aromatic heterocycles. The fraction of sp³-hybridized carbons (Fsp3) is 0.571. The summed E-state index contributed by atoms with van der Waals surface area (Å²) in [6.07, 6.45) is 3.49. The Bertz CT molecular complexity index is 137. The molecule has 1 unspecified atom stereocenters. The number of hydrogen-bond donors (Lipinski definition) is 3. The van der Waals surface area contributed by atoms with E-state index in [4.69, 9.17) is 17.2 Å². The lowest BCUT2D eigenvalue weighted by atomic mass is 10.2. The van der Waals surface area contributed by atoms with Crippen LogP contribution in [0.3, 0.4) is 0 Å². The van der Waals surface area contributed by atoms with E-state index in [0.717, 1.165) is 12.8 Å². The molecule has 0 aliphatic heterocycles. The summed E-state index contributed by atoms with van der Waals surface area (Å²) in [7, 11) is 0. The van der Waals surface area contributed by atoms with Gasteiger partial charge in [-0.15, -0.1) is 6.58 Å². The van der Waals surface area contributed by atoms with Gasteiger partial charge in [-0.05, 0) is 12.8 Å². The van der Waals surface area contributed by atoms with Gasteiger partial charge in [0.05, 0.1) is 0 Å². The highest BCUT2D eigenvalue weighted by Crippen LogP contribution is 1.94. The molecule has 0 aromatic rings. The Hall–Kier alpha value is -1.03. The van der Waals surface area contributed by atoms with E-state index in [1.54, 1.807) is 6.08 Å². The van der Waals surface area contributed by atoms with E-state index < -0.39 is 0 Å². The predicted octanol–water partition coefficient (Wildman–Crippen LogP) is -0.447. The van der Waals surface area contributed by atoms with Crippen LogP contribution in [0.5, 0.6) is 0 Å². The summed E-state index contributed by atoms with van der Waals surface area (Å²) in [5.74, 6) is 0.136. The summed E-state index contributed by atoms with van der Waals surface area (Å²) < 4.78 is 0. The molecule has 0 rings (SSSR count). The molecule has 0 saturated heterocycles. The van der Waals surface area contributed by atoms with E-state index in [0.29, 0.717) is 6.54 Å². The average Bonchev–Trinajstić information content (AvgIpc) is 1.97. The SMILES string of the molecule is C=CC(N)CCCN=C(N)N. The van der Waals surface area contributed by atoms with Gasteiger partial charge in [-0.1, -0.05) is 6.08 Å². The summed E-state index contributed by atoms with van der Waals surface area (Å²) in [6.45, 7) is 4.21. The quantitative estimate of drug-likeness (QED) is 0.218. The summed E-state index contributed by atoms with van der Waals surface area (Å²) in [6, 6.07) is 0.0594. The lowest BCUT2D eigenvalue weighted by molar-refractivity contribution is 0.675. The molecule has 64 valence electrons. The third-order valence-corrected chi connectivity index (χ3v) is 1.29. The molecule has 0 fully saturated rings. The van der Waals surface area contributed by atoms with Crippen molar-refractivity contribution in [1.29, 1.82) is 0 Å². The fourth-order valence-corrected chi connectivity index (χ4v) is 0.653. The second-order valence-corrected chi connectivity index (χ2v) is 2.35. The van der Waals surface area contributed by atoms with Gasteiger partial charge in [0.1, 0.15) is 0 Å². The lowest BCUT2D eigenvalue weighted by Crippen LogP contribution is -2.23. The molecule has 11 heavy (non-hydrogen) atoms. The average molecular weight is 156 g/mol. The lowest BCUT2D eigenvalue weighted by Gasteiger charge is -2.02. The zero-order valence-electron chi connectivity index (χ0n) is 6.66. The van der Waals surface area contributed by atoms with Crippen LogP contribution < -0.4 is 17.2 Å². The van der Waals surface area contributed by atoms with Gasteiger partial charge < -0.3 is 17.2 Å². The van der Waals surface area contributed by atoms with Crippen molar-refractivity contribution in [3.63, 3.8) is 0 Å². The molecule has 0 bridgehead atoms. The number of nitrogens with zero attached hydrogens (tertiary/aromatic N) is 1. The molecular formula is C7H16N4. The van der Waals surface area contributed by atoms with Crippen LogP contribution in [0.4, 0.5) is 0 Å². The van der Waals surface area contributed by atoms with Crippen LogP contribution in [0.2, 0.25) is 0 Å². The van der Waals surface area contributed by atoms with Crippen molar-refractivity contribution < 1.29 is 0 Å². The van der Waals surface area contributed by atoms with Crippen molar-refractivity contribution >= 4 is 5.96 Å². The third-order valence-electron chi connectivity index (χ3n) is 1.29. The van der Waals surface area contributed by atoms with Crippen molar-refractivity contribution in [3.8, 4) is 0 Å². The highest BCUT2D eigenvalue weighted by Gasteiger charge is 1.94. The van der Waals surface area contributed by atoms with Crippen molar-refractivity contribution in [2.24, 2.45) is 22.2 Å². The van der Waals surface area contributed by atoms with Crippen LogP contribution >= 0.6 is 0 Å². The van der Waals surface area contributed by atoms with E-state index in [1.807, 2.05) is 0 Å². The Labute approximate surface area is 67.2 Å². The summed E-state index contributed by atoms with van der Waals surface area (Å²) in [5, 5.41) is 0. The molecule has 0 aromatic carbocycles. The van der Waals surface area contributed by atoms with Crippen LogP contribution in [0.25, 0.3) is 0 Å². The monoisotopic (exact) mass is 156 g/mol. The van der Waals surface area contributed by atoms with E-state index in [-0.39, 0.29) is 12.0 Å². The van der Waals surface area contributed by atoms with E-state index in [9.17, 15) is 0 Å². The topological polar surface area (TPSA) is 90.4 Å². The van der Waals surface area contributed by atoms with E-state index in [2.05, 4.69) is 11.6 Å². The Morgan fingerprint density at radius 3 is 2.64 bits per heavy atom. The number of aliphatic imine (C=N–C) groups is 1. The molecule has 6 N–H and O–H groups in total. The number of guanidine groups is 1. The molecule has 0 heterocycles. The Morgan fingerprint density at radius 1 is 1.55 bits per heavy atom. The first kappa shape index (κ1) is 9.97. The second kappa shape index (κ2) is 5.73. The van der Waals surface area contributed by atoms with Crippen LogP contribution in [0.1, 0.15) is 12.8 Å². The third kappa shape index (κ3) is 6.86. The van der Waals surface area contributed by atoms with Gasteiger partial charge in [0, 0.05) is 12.6 Å². The second-order valence-electron chi connectivity index (χ2n) is 2.35. The zero-order valence-corrected chi connectivity index (χ0v) is 6.66. The van der Waals surface area contributed by atoms with Gasteiger partial charge in [-0.25, -0.2) is 0 Å². The van der Waals surface area contributed by atoms with Gasteiger partial charge in [0.25, 0.3) is 0 Å². The smallest absolute Gasteiger partial charge is 0.185 e. The maximum absolute atomic E-state index is 5.56. The fourth-order valence-electron chi connectivity index (χ4n) is 0.653. The number of hydrogen-bond acceptors (Lipinski definition) is 2. The van der Waals surface area contributed by atoms with Gasteiger partial charge >= 0.3 is 0 Å². The molecule has 4 nitrogen and oxygen atoms in total. The van der Waals surface area contributed by atoms with Crippen molar-refractivity contribution in [1.82, 2.24) is 0 Å². The molecule has 0 amide bonds. The first-order valence-corrected chi connectivity index (χ1v) is 3.60. The predicted molar refractivity (Wildman–Crippen MR) is 48.1 cm³/mol. The standard InChI is InChI=1S/C7H16N4/c1-2-6(8)4-3-5-11-7(9)10/h2,6H,1,3-5,8H2,(H4,9,10,11). The maximum atomic E-state index is 5.56. The molecule has 1 atom stereocenters. The van der Waals surface area contributed by atoms with Gasteiger partial charge in [-0.2, -0.15) is 0 Å². The minimum absolute atomic E-state index is 0.0594. The summed E-state index contributed by atoms with van der Waals surface area (Å²) in [4.78, 5) is 3.81. The Kier molecular flexibility index (Phi) is 5.20. The van der Waals surface area contributed by atoms with E-state index in [1.165, 1.54) is 0 Å². The van der Waals surface area contributed by atoms with Crippen LogP contribution in [-0.2, 0) is 0 Å². The van der Waals surface area contributed by atoms with E-state index >= 15 is 0 Å². The minimum Gasteiger partial charge on any atom is -0.370 e.